The summed E-state index contributed by atoms with van der Waals surface area (Å²) in [6, 6.07) is 7.13. The molecule has 3 N–H and O–H groups in total. The van der Waals surface area contributed by atoms with Crippen LogP contribution in [0.1, 0.15) is 37.7 Å². The van der Waals surface area contributed by atoms with Gasteiger partial charge in [-0.05, 0) is 47.0 Å². The molecular weight excluding hydrogens is 306 g/mol. The van der Waals surface area contributed by atoms with Crippen molar-refractivity contribution in [2.24, 2.45) is 5.73 Å². The predicted molar refractivity (Wildman–Crippen MR) is 77.5 cm³/mol. The van der Waals surface area contributed by atoms with E-state index in [0.29, 0.717) is 22.1 Å². The van der Waals surface area contributed by atoms with Crippen LogP contribution in [0.5, 0.6) is 0 Å². The molecule has 4 nitrogen and oxygen atoms in total. The lowest BCUT2D eigenvalue weighted by Gasteiger charge is -2.22. The first kappa shape index (κ1) is 14.0. The zero-order valence-electron chi connectivity index (χ0n) is 10.6. The molecule has 0 unspecified atom stereocenters. The fourth-order valence-electron chi connectivity index (χ4n) is 2.46. The van der Waals surface area contributed by atoms with E-state index < -0.39 is 0 Å². The average molecular weight is 322 g/mol. The highest BCUT2D eigenvalue weighted by molar-refractivity contribution is 9.10. The third-order valence-electron chi connectivity index (χ3n) is 3.48. The number of nitrogens with two attached hydrogens (primary N) is 1. The lowest BCUT2D eigenvalue weighted by atomic mass is 9.94. The number of hydrogen-bond donors (Lipinski definition) is 2. The van der Waals surface area contributed by atoms with Crippen molar-refractivity contribution in [1.82, 2.24) is 0 Å². The molecule has 1 aromatic rings. The molecule has 1 amide bonds. The van der Waals surface area contributed by atoms with Crippen molar-refractivity contribution in [3.63, 3.8) is 0 Å². The normalized spacial score (nSPS) is 16.9. The van der Waals surface area contributed by atoms with E-state index in [4.69, 9.17) is 11.0 Å². The Labute approximate surface area is 121 Å². The number of halogens is 1. The Bertz CT molecular complexity index is 530. The molecule has 1 saturated carbocycles. The van der Waals surface area contributed by atoms with E-state index in [0.717, 1.165) is 25.7 Å². The Morgan fingerprint density at radius 1 is 1.47 bits per heavy atom. The number of rotatable bonds is 3. The maximum absolute atomic E-state index is 12.0. The first-order valence-electron chi connectivity index (χ1n) is 6.31. The van der Waals surface area contributed by atoms with Crippen molar-refractivity contribution < 1.29 is 4.79 Å². The van der Waals surface area contributed by atoms with Gasteiger partial charge in [-0.3, -0.25) is 4.79 Å². The molecule has 0 bridgehead atoms. The van der Waals surface area contributed by atoms with Gasteiger partial charge in [0.2, 0.25) is 5.91 Å². The Balaban J connectivity index is 2.01. The summed E-state index contributed by atoms with van der Waals surface area (Å²) >= 11 is 3.35. The molecule has 19 heavy (non-hydrogen) atoms. The Morgan fingerprint density at radius 3 is 2.74 bits per heavy atom. The van der Waals surface area contributed by atoms with Crippen molar-refractivity contribution in [2.45, 2.75) is 37.6 Å². The fraction of sp³-hybridized carbons (Fsp3) is 0.429. The lowest BCUT2D eigenvalue weighted by molar-refractivity contribution is -0.117. The first-order chi connectivity index (χ1) is 9.02. The van der Waals surface area contributed by atoms with Gasteiger partial charge in [0.15, 0.2) is 0 Å². The number of amides is 1. The smallest absolute Gasteiger partial charge is 0.226 e. The largest absolute Gasteiger partial charge is 0.325 e. The number of hydrogen-bond acceptors (Lipinski definition) is 3. The molecule has 0 spiro atoms. The van der Waals surface area contributed by atoms with Gasteiger partial charge in [-0.15, -0.1) is 0 Å². The second kappa shape index (κ2) is 5.72. The summed E-state index contributed by atoms with van der Waals surface area (Å²) in [7, 11) is 0. The maximum atomic E-state index is 12.0. The lowest BCUT2D eigenvalue weighted by Crippen LogP contribution is -2.40. The summed E-state index contributed by atoms with van der Waals surface area (Å²) in [6.07, 6.45) is 4.37. The molecule has 0 aliphatic heterocycles. The highest BCUT2D eigenvalue weighted by Gasteiger charge is 2.31. The molecule has 0 aromatic heterocycles. The molecule has 1 aliphatic carbocycles. The number of anilines is 1. The van der Waals surface area contributed by atoms with Gasteiger partial charge in [0.1, 0.15) is 0 Å². The Morgan fingerprint density at radius 2 is 2.16 bits per heavy atom. The zero-order valence-corrected chi connectivity index (χ0v) is 12.2. The minimum Gasteiger partial charge on any atom is -0.325 e. The van der Waals surface area contributed by atoms with Crippen molar-refractivity contribution in [3.8, 4) is 6.07 Å². The van der Waals surface area contributed by atoms with Crippen LogP contribution >= 0.6 is 15.9 Å². The summed E-state index contributed by atoms with van der Waals surface area (Å²) in [6.45, 7) is 0. The molecule has 100 valence electrons. The van der Waals surface area contributed by atoms with Gasteiger partial charge in [-0.2, -0.15) is 5.26 Å². The molecule has 1 aliphatic rings. The van der Waals surface area contributed by atoms with E-state index in [1.165, 1.54) is 0 Å². The van der Waals surface area contributed by atoms with E-state index in [1.807, 2.05) is 0 Å². The SMILES string of the molecule is N#Cc1ccc(NC(=O)CC2(N)CCCC2)c(Br)c1. The molecule has 0 saturated heterocycles. The number of nitrogens with one attached hydrogen (secondary N) is 1. The highest BCUT2D eigenvalue weighted by Crippen LogP contribution is 2.31. The number of nitrogens with zero attached hydrogens (tertiary/aromatic N) is 1. The summed E-state index contributed by atoms with van der Waals surface area (Å²) in [5.74, 6) is -0.0743. The summed E-state index contributed by atoms with van der Waals surface area (Å²) in [5.41, 5.74) is 7.06. The van der Waals surface area contributed by atoms with Crippen LogP contribution in [-0.4, -0.2) is 11.4 Å². The van der Waals surface area contributed by atoms with Crippen molar-refractivity contribution in [3.05, 3.63) is 28.2 Å². The number of carbonyl (C=O) groups excluding carboxylic acids is 1. The molecule has 5 heteroatoms. The Kier molecular flexibility index (Phi) is 4.23. The van der Waals surface area contributed by atoms with Crippen LogP contribution in [0, 0.1) is 11.3 Å². The zero-order chi connectivity index (χ0) is 13.9. The number of benzene rings is 1. The van der Waals surface area contributed by atoms with Gasteiger partial charge >= 0.3 is 0 Å². The fourth-order valence-corrected chi connectivity index (χ4v) is 2.93. The van der Waals surface area contributed by atoms with E-state index in [9.17, 15) is 4.79 Å². The second-order valence-electron chi connectivity index (χ2n) is 5.10. The van der Waals surface area contributed by atoms with Crippen LogP contribution in [0.15, 0.2) is 22.7 Å². The summed E-state index contributed by atoms with van der Waals surface area (Å²) < 4.78 is 0.706. The minimum atomic E-state index is -0.344. The van der Waals surface area contributed by atoms with Gasteiger partial charge < -0.3 is 11.1 Å². The van der Waals surface area contributed by atoms with Gasteiger partial charge in [0.25, 0.3) is 0 Å². The quantitative estimate of drug-likeness (QED) is 0.898. The third-order valence-corrected chi connectivity index (χ3v) is 4.14. The van der Waals surface area contributed by atoms with E-state index in [-0.39, 0.29) is 11.4 Å². The summed E-state index contributed by atoms with van der Waals surface area (Å²) in [5, 5.41) is 11.6. The predicted octanol–water partition coefficient (Wildman–Crippen LogP) is 2.92. The maximum Gasteiger partial charge on any atom is 0.226 e. The van der Waals surface area contributed by atoms with E-state index in [2.05, 4.69) is 27.3 Å². The van der Waals surface area contributed by atoms with Crippen molar-refractivity contribution in [1.29, 1.82) is 5.26 Å². The first-order valence-corrected chi connectivity index (χ1v) is 7.10. The van der Waals surface area contributed by atoms with Crippen LogP contribution < -0.4 is 11.1 Å². The van der Waals surface area contributed by atoms with Crippen LogP contribution in [0.3, 0.4) is 0 Å². The number of carbonyl (C=O) groups is 1. The van der Waals surface area contributed by atoms with Crippen molar-refractivity contribution >= 4 is 27.5 Å². The second-order valence-corrected chi connectivity index (χ2v) is 5.96. The third kappa shape index (κ3) is 3.55. The molecule has 1 aromatic carbocycles. The van der Waals surface area contributed by atoms with Crippen LogP contribution in [0.25, 0.3) is 0 Å². The van der Waals surface area contributed by atoms with Gasteiger partial charge in [-0.25, -0.2) is 0 Å². The highest BCUT2D eigenvalue weighted by atomic mass is 79.9. The number of nitriles is 1. The van der Waals surface area contributed by atoms with Gasteiger partial charge in [0.05, 0.1) is 17.3 Å². The van der Waals surface area contributed by atoms with E-state index >= 15 is 0 Å². The van der Waals surface area contributed by atoms with Gasteiger partial charge in [0, 0.05) is 16.4 Å². The standard InChI is InChI=1S/C14H16BrN3O/c15-11-7-10(9-16)3-4-12(11)18-13(19)8-14(17)5-1-2-6-14/h3-4,7H,1-2,5-6,8,17H2,(H,18,19). The molecule has 0 heterocycles. The molecule has 0 radical (unpaired) electrons. The molecule has 2 rings (SSSR count). The van der Waals surface area contributed by atoms with E-state index in [1.54, 1.807) is 18.2 Å². The van der Waals surface area contributed by atoms with Crippen LogP contribution in [0.4, 0.5) is 5.69 Å². The average Bonchev–Trinajstić information content (AvgIpc) is 2.78. The van der Waals surface area contributed by atoms with Gasteiger partial charge in [-0.1, -0.05) is 12.8 Å². The monoisotopic (exact) mass is 321 g/mol. The van der Waals surface area contributed by atoms with Crippen LogP contribution in [-0.2, 0) is 4.79 Å². The van der Waals surface area contributed by atoms with Crippen LogP contribution in [0.2, 0.25) is 0 Å². The summed E-state index contributed by atoms with van der Waals surface area (Å²) in [4.78, 5) is 12.0. The topological polar surface area (TPSA) is 78.9 Å². The van der Waals surface area contributed by atoms with Crippen molar-refractivity contribution in [2.75, 3.05) is 5.32 Å². The molecular formula is C14H16BrN3O. The molecule has 0 atom stereocenters. The molecule has 1 fully saturated rings. The minimum absolute atomic E-state index is 0.0743. The Hall–Kier alpha value is -1.38.